The molecule has 4 rings (SSSR count). The number of nitrogens with zero attached hydrogens (tertiary/aromatic N) is 3. The van der Waals surface area contributed by atoms with Crippen LogP contribution in [0.2, 0.25) is 0 Å². The summed E-state index contributed by atoms with van der Waals surface area (Å²) >= 11 is 0. The monoisotopic (exact) mass is 410 g/mol. The summed E-state index contributed by atoms with van der Waals surface area (Å²) in [5, 5.41) is 2.80. The van der Waals surface area contributed by atoms with Crippen LogP contribution in [0, 0.1) is 0 Å². The topological polar surface area (TPSA) is 101 Å². The fourth-order valence-corrected chi connectivity index (χ4v) is 4.57. The number of amides is 1. The van der Waals surface area contributed by atoms with Crippen LogP contribution in [0.3, 0.4) is 0 Å². The zero-order valence-electron chi connectivity index (χ0n) is 15.4. The first-order valence-electron chi connectivity index (χ1n) is 8.97. The number of ether oxygens (including phenoxy) is 1. The van der Waals surface area contributed by atoms with Crippen LogP contribution in [0.25, 0.3) is 0 Å². The molecule has 1 aliphatic rings. The third kappa shape index (κ3) is 4.35. The molecule has 148 valence electrons. The SMILES string of the molecule is O=C(Nc1cccc(Oc2cnccn2)c1)c1ccc(N2CCCS2(=O)=O)cc1. The molecule has 1 saturated heterocycles. The van der Waals surface area contributed by atoms with E-state index in [1.807, 2.05) is 0 Å². The fraction of sp³-hybridized carbons (Fsp3) is 0.150. The Hall–Kier alpha value is -3.46. The van der Waals surface area contributed by atoms with Crippen LogP contribution in [0.1, 0.15) is 16.8 Å². The molecule has 0 aliphatic carbocycles. The molecule has 0 atom stereocenters. The Kier molecular flexibility index (Phi) is 5.13. The summed E-state index contributed by atoms with van der Waals surface area (Å²) in [7, 11) is -3.24. The highest BCUT2D eigenvalue weighted by Gasteiger charge is 2.28. The van der Waals surface area contributed by atoms with Crippen molar-refractivity contribution in [2.45, 2.75) is 6.42 Å². The largest absolute Gasteiger partial charge is 0.437 e. The maximum absolute atomic E-state index is 12.5. The molecule has 2 aromatic carbocycles. The van der Waals surface area contributed by atoms with Gasteiger partial charge < -0.3 is 10.1 Å². The lowest BCUT2D eigenvalue weighted by atomic mass is 10.2. The van der Waals surface area contributed by atoms with Gasteiger partial charge >= 0.3 is 0 Å². The molecule has 0 radical (unpaired) electrons. The van der Waals surface area contributed by atoms with Crippen LogP contribution in [-0.4, -0.2) is 36.6 Å². The molecule has 9 heteroatoms. The molecule has 0 unspecified atom stereocenters. The number of anilines is 2. The van der Waals surface area contributed by atoms with Crippen molar-refractivity contribution in [3.63, 3.8) is 0 Å². The van der Waals surface area contributed by atoms with E-state index in [4.69, 9.17) is 4.74 Å². The molecule has 8 nitrogen and oxygen atoms in total. The second kappa shape index (κ2) is 7.88. The molecule has 1 aliphatic heterocycles. The molecule has 2 heterocycles. The molecule has 3 aromatic rings. The van der Waals surface area contributed by atoms with Gasteiger partial charge in [-0.25, -0.2) is 13.4 Å². The predicted octanol–water partition coefficient (Wildman–Crippen LogP) is 3.06. The normalized spacial score (nSPS) is 15.1. The van der Waals surface area contributed by atoms with Crippen molar-refractivity contribution in [1.82, 2.24) is 9.97 Å². The number of hydrogen-bond donors (Lipinski definition) is 1. The third-order valence-corrected chi connectivity index (χ3v) is 6.24. The van der Waals surface area contributed by atoms with Crippen LogP contribution in [0.5, 0.6) is 11.6 Å². The minimum Gasteiger partial charge on any atom is -0.437 e. The van der Waals surface area contributed by atoms with Gasteiger partial charge in [0.05, 0.1) is 17.6 Å². The van der Waals surface area contributed by atoms with Crippen molar-refractivity contribution in [3.05, 3.63) is 72.7 Å². The van der Waals surface area contributed by atoms with Gasteiger partial charge in [0, 0.05) is 36.3 Å². The first kappa shape index (κ1) is 18.9. The summed E-state index contributed by atoms with van der Waals surface area (Å²) in [5.74, 6) is 0.709. The van der Waals surface area contributed by atoms with E-state index in [0.29, 0.717) is 41.5 Å². The quantitative estimate of drug-likeness (QED) is 0.694. The van der Waals surface area contributed by atoms with Crippen LogP contribution in [-0.2, 0) is 10.0 Å². The molecule has 29 heavy (non-hydrogen) atoms. The lowest BCUT2D eigenvalue weighted by molar-refractivity contribution is 0.102. The van der Waals surface area contributed by atoms with E-state index in [9.17, 15) is 13.2 Å². The van der Waals surface area contributed by atoms with E-state index in [1.54, 1.807) is 54.7 Å². The van der Waals surface area contributed by atoms with Gasteiger partial charge in [0.15, 0.2) is 0 Å². The maximum atomic E-state index is 12.5. The van der Waals surface area contributed by atoms with E-state index >= 15 is 0 Å². The smallest absolute Gasteiger partial charge is 0.255 e. The molecule has 1 amide bonds. The summed E-state index contributed by atoms with van der Waals surface area (Å²) in [6.45, 7) is 0.465. The molecule has 1 N–H and O–H groups in total. The van der Waals surface area contributed by atoms with Crippen molar-refractivity contribution in [3.8, 4) is 11.6 Å². The zero-order chi connectivity index (χ0) is 20.3. The first-order valence-corrected chi connectivity index (χ1v) is 10.6. The minimum atomic E-state index is -3.24. The lowest BCUT2D eigenvalue weighted by Crippen LogP contribution is -2.25. The minimum absolute atomic E-state index is 0.155. The number of carbonyl (C=O) groups excluding carboxylic acids is 1. The van der Waals surface area contributed by atoms with Crippen molar-refractivity contribution in [2.24, 2.45) is 0 Å². The second-order valence-corrected chi connectivity index (χ2v) is 8.43. The number of rotatable bonds is 5. The van der Waals surface area contributed by atoms with Crippen molar-refractivity contribution < 1.29 is 17.9 Å². The molecule has 0 spiro atoms. The Morgan fingerprint density at radius 1 is 1.10 bits per heavy atom. The third-order valence-electron chi connectivity index (χ3n) is 4.37. The average molecular weight is 410 g/mol. The Morgan fingerprint density at radius 2 is 1.93 bits per heavy atom. The van der Waals surface area contributed by atoms with E-state index in [1.165, 1.54) is 16.7 Å². The second-order valence-electron chi connectivity index (χ2n) is 6.42. The highest BCUT2D eigenvalue weighted by Crippen LogP contribution is 2.25. The van der Waals surface area contributed by atoms with E-state index in [2.05, 4.69) is 15.3 Å². The van der Waals surface area contributed by atoms with E-state index < -0.39 is 10.0 Å². The van der Waals surface area contributed by atoms with Gasteiger partial charge in [-0.05, 0) is 42.8 Å². The molecule has 0 bridgehead atoms. The summed E-state index contributed by atoms with van der Waals surface area (Å²) in [6.07, 6.45) is 5.18. The molecule has 0 saturated carbocycles. The van der Waals surface area contributed by atoms with Crippen LogP contribution < -0.4 is 14.4 Å². The number of aromatic nitrogens is 2. The maximum Gasteiger partial charge on any atom is 0.255 e. The van der Waals surface area contributed by atoms with E-state index in [-0.39, 0.29) is 11.7 Å². The van der Waals surface area contributed by atoms with Gasteiger partial charge in [0.2, 0.25) is 15.9 Å². The number of hydrogen-bond acceptors (Lipinski definition) is 6. The number of benzene rings is 2. The van der Waals surface area contributed by atoms with Gasteiger partial charge in [0.25, 0.3) is 5.91 Å². The number of carbonyl (C=O) groups is 1. The highest BCUT2D eigenvalue weighted by atomic mass is 32.2. The van der Waals surface area contributed by atoms with Crippen LogP contribution >= 0.6 is 0 Å². The van der Waals surface area contributed by atoms with Crippen molar-refractivity contribution >= 4 is 27.3 Å². The van der Waals surface area contributed by atoms with E-state index in [0.717, 1.165) is 0 Å². The number of nitrogens with one attached hydrogen (secondary N) is 1. The summed E-state index contributed by atoms with van der Waals surface area (Å²) in [6, 6.07) is 13.4. The molecule has 1 fully saturated rings. The Labute approximate surface area is 168 Å². The fourth-order valence-electron chi connectivity index (χ4n) is 3.01. The van der Waals surface area contributed by atoms with Crippen LogP contribution in [0.15, 0.2) is 67.1 Å². The van der Waals surface area contributed by atoms with Gasteiger partial charge in [0.1, 0.15) is 5.75 Å². The summed E-state index contributed by atoms with van der Waals surface area (Å²) in [5.41, 5.74) is 1.55. The summed E-state index contributed by atoms with van der Waals surface area (Å²) in [4.78, 5) is 20.5. The molecular weight excluding hydrogens is 392 g/mol. The van der Waals surface area contributed by atoms with Crippen molar-refractivity contribution in [1.29, 1.82) is 0 Å². The first-order chi connectivity index (χ1) is 14.0. The van der Waals surface area contributed by atoms with Gasteiger partial charge in [-0.3, -0.25) is 14.1 Å². The molecular formula is C20H18N4O4S. The van der Waals surface area contributed by atoms with Gasteiger partial charge in [-0.15, -0.1) is 0 Å². The molecule has 1 aromatic heterocycles. The summed E-state index contributed by atoms with van der Waals surface area (Å²) < 4.78 is 31.0. The zero-order valence-corrected chi connectivity index (χ0v) is 16.2. The van der Waals surface area contributed by atoms with Gasteiger partial charge in [-0.1, -0.05) is 6.07 Å². The Bertz CT molecular complexity index is 1120. The van der Waals surface area contributed by atoms with Gasteiger partial charge in [-0.2, -0.15) is 0 Å². The predicted molar refractivity (Wildman–Crippen MR) is 109 cm³/mol. The number of sulfonamides is 1. The average Bonchev–Trinajstić information content (AvgIpc) is 3.08. The highest BCUT2D eigenvalue weighted by molar-refractivity contribution is 7.93. The van der Waals surface area contributed by atoms with Crippen molar-refractivity contribution in [2.75, 3.05) is 21.9 Å². The van der Waals surface area contributed by atoms with Crippen LogP contribution in [0.4, 0.5) is 11.4 Å². The Balaban J connectivity index is 1.45. The Morgan fingerprint density at radius 3 is 2.62 bits per heavy atom. The standard InChI is InChI=1S/C20H18N4O4S/c25-20(15-5-7-17(8-6-15)24-11-2-12-29(24,26)27)23-16-3-1-4-18(13-16)28-19-14-21-9-10-22-19/h1,3-10,13-14H,2,11-12H2,(H,23,25). The lowest BCUT2D eigenvalue weighted by Gasteiger charge is -2.17.